The maximum Gasteiger partial charge on any atom is 0.343 e. The van der Waals surface area contributed by atoms with E-state index < -0.39 is 24.3 Å². The van der Waals surface area contributed by atoms with Crippen molar-refractivity contribution in [2.24, 2.45) is 5.73 Å². The van der Waals surface area contributed by atoms with Crippen LogP contribution in [0.4, 0.5) is 4.79 Å². The van der Waals surface area contributed by atoms with Crippen LogP contribution in [-0.2, 0) is 27.5 Å². The first-order valence-electron chi connectivity index (χ1n) is 12.8. The standard InChI is InChI=1S/C27H32N6O4S/c1-18-25-32(24(34)16-37-33(25)27(36)30-14-19-9-12-29-13-10-19)22(7-4-5-11-28)26(35)31(18)15-20-17-38-23-8-3-2-6-21(20)23/h2-3,6,8-10,12-13,17-18,22,25H,4-5,7,11,14-16,28H2,1H3,(H,30,36)/t18-,22-,25-/m0/s1. The number of carbonyl (C=O) groups is 3. The molecule has 3 N–H and O–H groups in total. The number of nitrogens with two attached hydrogens (primary N) is 1. The molecule has 0 unspecified atom stereocenters. The van der Waals surface area contributed by atoms with E-state index in [2.05, 4.69) is 27.8 Å². The van der Waals surface area contributed by atoms with Gasteiger partial charge in [-0.05, 0) is 72.8 Å². The lowest BCUT2D eigenvalue weighted by Gasteiger charge is -2.54. The summed E-state index contributed by atoms with van der Waals surface area (Å²) in [5.74, 6) is -0.416. The van der Waals surface area contributed by atoms with Gasteiger partial charge in [0.1, 0.15) is 6.04 Å². The van der Waals surface area contributed by atoms with Crippen LogP contribution in [0.15, 0.2) is 54.2 Å². The van der Waals surface area contributed by atoms with Gasteiger partial charge in [-0.3, -0.25) is 19.4 Å². The van der Waals surface area contributed by atoms with Crippen LogP contribution < -0.4 is 11.1 Å². The number of hydrogen-bond acceptors (Lipinski definition) is 7. The molecule has 2 aliphatic rings. The molecule has 2 fully saturated rings. The number of rotatable bonds is 8. The van der Waals surface area contributed by atoms with Crippen LogP contribution in [0.25, 0.3) is 10.1 Å². The Bertz CT molecular complexity index is 1300. The SMILES string of the molecule is C[C@H]1[C@@H]2N(C(=O)NCc3ccncc3)OCC(=O)N2[C@@H](CCCCN)C(=O)N1Cc1csc2ccccc12. The maximum absolute atomic E-state index is 13.9. The van der Waals surface area contributed by atoms with Crippen molar-refractivity contribution in [1.82, 2.24) is 25.2 Å². The summed E-state index contributed by atoms with van der Waals surface area (Å²) in [5, 5.41) is 7.28. The number of aromatic nitrogens is 1. The summed E-state index contributed by atoms with van der Waals surface area (Å²) in [7, 11) is 0. The summed E-state index contributed by atoms with van der Waals surface area (Å²) >= 11 is 1.64. The number of fused-ring (bicyclic) bond motifs is 2. The second-order valence-electron chi connectivity index (χ2n) is 9.59. The summed E-state index contributed by atoms with van der Waals surface area (Å²) in [5.41, 5.74) is 7.64. The lowest BCUT2D eigenvalue weighted by molar-refractivity contribution is -0.246. The summed E-state index contributed by atoms with van der Waals surface area (Å²) in [6, 6.07) is 10.1. The Kier molecular flexibility index (Phi) is 7.87. The predicted octanol–water partition coefficient (Wildman–Crippen LogP) is 2.84. The van der Waals surface area contributed by atoms with Gasteiger partial charge < -0.3 is 20.9 Å². The van der Waals surface area contributed by atoms with Crippen molar-refractivity contribution in [3.8, 4) is 0 Å². The lowest BCUT2D eigenvalue weighted by Crippen LogP contribution is -2.75. The molecule has 2 aliphatic heterocycles. The largest absolute Gasteiger partial charge is 0.343 e. The molecule has 1 aromatic carbocycles. The minimum Gasteiger partial charge on any atom is -0.332 e. The summed E-state index contributed by atoms with van der Waals surface area (Å²) in [6.07, 6.45) is 4.46. The fourth-order valence-electron chi connectivity index (χ4n) is 5.24. The molecule has 0 bridgehead atoms. The van der Waals surface area contributed by atoms with Crippen LogP contribution in [0.2, 0.25) is 0 Å². The Morgan fingerprint density at radius 3 is 2.76 bits per heavy atom. The van der Waals surface area contributed by atoms with Crippen molar-refractivity contribution < 1.29 is 19.2 Å². The van der Waals surface area contributed by atoms with Crippen molar-refractivity contribution in [2.45, 2.75) is 57.5 Å². The molecular weight excluding hydrogens is 504 g/mol. The molecule has 3 aromatic rings. The molecule has 2 aromatic heterocycles. The number of thiophene rings is 1. The number of hydroxylamine groups is 2. The Labute approximate surface area is 225 Å². The van der Waals surface area contributed by atoms with Gasteiger partial charge in [0.25, 0.3) is 5.91 Å². The van der Waals surface area contributed by atoms with Gasteiger partial charge in [-0.2, -0.15) is 5.06 Å². The molecule has 10 nitrogen and oxygen atoms in total. The van der Waals surface area contributed by atoms with Crippen molar-refractivity contribution >= 4 is 39.3 Å². The Balaban J connectivity index is 1.44. The van der Waals surface area contributed by atoms with Gasteiger partial charge in [0, 0.05) is 30.2 Å². The highest BCUT2D eigenvalue weighted by molar-refractivity contribution is 7.17. The van der Waals surface area contributed by atoms with Crippen molar-refractivity contribution in [3.63, 3.8) is 0 Å². The minimum atomic E-state index is -0.765. The molecule has 200 valence electrons. The lowest BCUT2D eigenvalue weighted by atomic mass is 9.96. The van der Waals surface area contributed by atoms with Gasteiger partial charge in [0.05, 0.1) is 6.04 Å². The molecular formula is C27H32N6O4S. The fraction of sp³-hybridized carbons (Fsp3) is 0.407. The number of amides is 4. The smallest absolute Gasteiger partial charge is 0.332 e. The molecule has 3 atom stereocenters. The van der Waals surface area contributed by atoms with Gasteiger partial charge in [0.15, 0.2) is 12.8 Å². The topological polar surface area (TPSA) is 121 Å². The number of carbonyl (C=O) groups excluding carboxylic acids is 3. The Hall–Kier alpha value is -3.54. The van der Waals surface area contributed by atoms with E-state index >= 15 is 0 Å². The van der Waals surface area contributed by atoms with E-state index in [0.717, 1.165) is 27.6 Å². The second kappa shape index (κ2) is 11.5. The summed E-state index contributed by atoms with van der Waals surface area (Å²) in [6.45, 7) is 2.72. The Morgan fingerprint density at radius 2 is 1.97 bits per heavy atom. The van der Waals surface area contributed by atoms with Crippen LogP contribution in [0.1, 0.15) is 37.3 Å². The van der Waals surface area contributed by atoms with Crippen LogP contribution in [0.3, 0.4) is 0 Å². The van der Waals surface area contributed by atoms with Crippen molar-refractivity contribution in [3.05, 3.63) is 65.3 Å². The first-order valence-corrected chi connectivity index (χ1v) is 13.7. The second-order valence-corrected chi connectivity index (χ2v) is 10.5. The van der Waals surface area contributed by atoms with E-state index in [1.165, 1.54) is 5.06 Å². The molecule has 38 heavy (non-hydrogen) atoms. The Morgan fingerprint density at radius 1 is 1.18 bits per heavy atom. The highest BCUT2D eigenvalue weighted by Gasteiger charge is 2.53. The molecule has 0 saturated carbocycles. The van der Waals surface area contributed by atoms with Gasteiger partial charge in [-0.25, -0.2) is 4.79 Å². The first-order chi connectivity index (χ1) is 18.5. The van der Waals surface area contributed by atoms with E-state index in [1.807, 2.05) is 31.2 Å². The quantitative estimate of drug-likeness (QED) is 0.427. The van der Waals surface area contributed by atoms with Crippen LogP contribution in [0.5, 0.6) is 0 Å². The average Bonchev–Trinajstić information content (AvgIpc) is 3.35. The molecule has 4 heterocycles. The van der Waals surface area contributed by atoms with Crippen molar-refractivity contribution in [2.75, 3.05) is 13.2 Å². The number of benzene rings is 1. The number of unbranched alkanes of at least 4 members (excludes halogenated alkanes) is 1. The van der Waals surface area contributed by atoms with E-state index in [4.69, 9.17) is 10.6 Å². The molecule has 0 radical (unpaired) electrons. The predicted molar refractivity (Wildman–Crippen MR) is 143 cm³/mol. The fourth-order valence-corrected chi connectivity index (χ4v) is 6.19. The summed E-state index contributed by atoms with van der Waals surface area (Å²) < 4.78 is 1.15. The highest BCUT2D eigenvalue weighted by Crippen LogP contribution is 2.34. The minimum absolute atomic E-state index is 0.117. The first kappa shape index (κ1) is 26.1. The van der Waals surface area contributed by atoms with E-state index in [9.17, 15) is 14.4 Å². The third-order valence-corrected chi connectivity index (χ3v) is 8.21. The number of hydrogen-bond donors (Lipinski definition) is 2. The van der Waals surface area contributed by atoms with Gasteiger partial charge in [-0.1, -0.05) is 18.2 Å². The van der Waals surface area contributed by atoms with E-state index in [0.29, 0.717) is 25.9 Å². The normalized spacial score (nSPS) is 21.6. The number of nitrogens with zero attached hydrogens (tertiary/aromatic N) is 4. The van der Waals surface area contributed by atoms with Crippen LogP contribution in [-0.4, -0.2) is 69.1 Å². The van der Waals surface area contributed by atoms with Crippen molar-refractivity contribution in [1.29, 1.82) is 0 Å². The molecule has 4 amide bonds. The zero-order valence-electron chi connectivity index (χ0n) is 21.3. The van der Waals surface area contributed by atoms with Gasteiger partial charge in [0.2, 0.25) is 5.91 Å². The zero-order valence-corrected chi connectivity index (χ0v) is 22.1. The van der Waals surface area contributed by atoms with Crippen LogP contribution >= 0.6 is 11.3 Å². The van der Waals surface area contributed by atoms with Gasteiger partial charge in [-0.15, -0.1) is 11.3 Å². The van der Waals surface area contributed by atoms with E-state index in [1.54, 1.807) is 33.5 Å². The average molecular weight is 537 g/mol. The number of nitrogens with one attached hydrogen (secondary N) is 1. The van der Waals surface area contributed by atoms with E-state index in [-0.39, 0.29) is 25.0 Å². The molecule has 2 saturated heterocycles. The summed E-state index contributed by atoms with van der Waals surface area (Å²) in [4.78, 5) is 53.5. The zero-order chi connectivity index (χ0) is 26.6. The molecule has 0 aliphatic carbocycles. The third-order valence-electron chi connectivity index (χ3n) is 7.19. The molecule has 5 rings (SSSR count). The van der Waals surface area contributed by atoms with Gasteiger partial charge >= 0.3 is 6.03 Å². The number of urea groups is 1. The number of piperazine rings is 1. The van der Waals surface area contributed by atoms with Crippen LogP contribution in [0, 0.1) is 0 Å². The highest BCUT2D eigenvalue weighted by atomic mass is 32.1. The maximum atomic E-state index is 13.9. The monoisotopic (exact) mass is 536 g/mol. The molecule has 0 spiro atoms. The molecule has 11 heteroatoms. The number of pyridine rings is 1. The third kappa shape index (κ3) is 5.09.